The number of carbonyl (C=O) groups is 1. The molecule has 0 aliphatic heterocycles. The van der Waals surface area contributed by atoms with E-state index in [4.69, 9.17) is 4.74 Å². The van der Waals surface area contributed by atoms with Crippen LogP contribution in [0.5, 0.6) is 0 Å². The molecule has 0 fully saturated rings. The average molecular weight is 234 g/mol. The smallest absolute Gasteiger partial charge is 0.311 e. The van der Waals surface area contributed by atoms with E-state index in [0.717, 1.165) is 12.0 Å². The fraction of sp³-hybridized carbons (Fsp3) is 0.500. The van der Waals surface area contributed by atoms with Crippen molar-refractivity contribution in [2.24, 2.45) is 5.92 Å². The fourth-order valence-corrected chi connectivity index (χ4v) is 2.51. The predicted molar refractivity (Wildman–Crippen MR) is 64.6 cm³/mol. The molecule has 2 atom stereocenters. The molecule has 0 heterocycles. The summed E-state index contributed by atoms with van der Waals surface area (Å²) in [5.41, 5.74) is 1.44. The van der Waals surface area contributed by atoms with Crippen molar-refractivity contribution in [3.8, 4) is 0 Å². The van der Waals surface area contributed by atoms with E-state index in [9.17, 15) is 9.90 Å². The molecule has 92 valence electrons. The number of rotatable bonds is 2. The number of methoxy groups -OCH3 is 1. The van der Waals surface area contributed by atoms with Crippen LogP contribution in [0.4, 0.5) is 0 Å². The molecule has 2 unspecified atom stereocenters. The van der Waals surface area contributed by atoms with Gasteiger partial charge < -0.3 is 9.84 Å². The SMILES string of the molecule is COC(=O)C(C)C1(O)CCc2ccccc2C1. The Morgan fingerprint density at radius 1 is 1.41 bits per heavy atom. The first-order chi connectivity index (χ1) is 8.07. The lowest BCUT2D eigenvalue weighted by Crippen LogP contribution is -2.45. The summed E-state index contributed by atoms with van der Waals surface area (Å²) in [4.78, 5) is 11.5. The normalized spacial score (nSPS) is 24.9. The van der Waals surface area contributed by atoms with Gasteiger partial charge in [-0.05, 0) is 30.9 Å². The predicted octanol–water partition coefficient (Wildman–Crippen LogP) is 1.72. The van der Waals surface area contributed by atoms with Crippen LogP contribution in [-0.2, 0) is 22.4 Å². The lowest BCUT2D eigenvalue weighted by atomic mass is 9.74. The summed E-state index contributed by atoms with van der Waals surface area (Å²) in [7, 11) is 1.36. The Balaban J connectivity index is 2.23. The van der Waals surface area contributed by atoms with Gasteiger partial charge in [0.1, 0.15) is 0 Å². The van der Waals surface area contributed by atoms with Gasteiger partial charge in [0.15, 0.2) is 0 Å². The van der Waals surface area contributed by atoms with E-state index < -0.39 is 11.5 Å². The van der Waals surface area contributed by atoms with Crippen LogP contribution in [0.15, 0.2) is 24.3 Å². The van der Waals surface area contributed by atoms with Crippen molar-refractivity contribution in [3.63, 3.8) is 0 Å². The molecular weight excluding hydrogens is 216 g/mol. The highest BCUT2D eigenvalue weighted by molar-refractivity contribution is 5.73. The van der Waals surface area contributed by atoms with E-state index in [1.807, 2.05) is 18.2 Å². The number of benzene rings is 1. The Morgan fingerprint density at radius 3 is 2.71 bits per heavy atom. The molecule has 1 aliphatic rings. The summed E-state index contributed by atoms with van der Waals surface area (Å²) in [6.45, 7) is 1.74. The molecule has 1 aromatic rings. The zero-order valence-corrected chi connectivity index (χ0v) is 10.3. The molecule has 0 saturated carbocycles. The van der Waals surface area contributed by atoms with Crippen LogP contribution in [-0.4, -0.2) is 23.8 Å². The molecule has 0 aromatic heterocycles. The second-order valence-corrected chi connectivity index (χ2v) is 4.79. The van der Waals surface area contributed by atoms with Crippen molar-refractivity contribution in [3.05, 3.63) is 35.4 Å². The van der Waals surface area contributed by atoms with Crippen LogP contribution in [0.2, 0.25) is 0 Å². The minimum Gasteiger partial charge on any atom is -0.469 e. The van der Waals surface area contributed by atoms with E-state index in [1.54, 1.807) is 6.92 Å². The van der Waals surface area contributed by atoms with Gasteiger partial charge in [0.25, 0.3) is 0 Å². The zero-order chi connectivity index (χ0) is 12.5. The molecular formula is C14H18O3. The average Bonchev–Trinajstić information content (AvgIpc) is 2.36. The molecule has 1 N–H and O–H groups in total. The van der Waals surface area contributed by atoms with Gasteiger partial charge in [0, 0.05) is 6.42 Å². The lowest BCUT2D eigenvalue weighted by molar-refractivity contribution is -0.155. The van der Waals surface area contributed by atoms with Gasteiger partial charge in [-0.25, -0.2) is 0 Å². The fourth-order valence-electron chi connectivity index (χ4n) is 2.51. The van der Waals surface area contributed by atoms with Crippen LogP contribution in [0.1, 0.15) is 24.5 Å². The molecule has 0 radical (unpaired) electrons. The second-order valence-electron chi connectivity index (χ2n) is 4.79. The van der Waals surface area contributed by atoms with Crippen LogP contribution in [0.3, 0.4) is 0 Å². The van der Waals surface area contributed by atoms with Gasteiger partial charge >= 0.3 is 5.97 Å². The highest BCUT2D eigenvalue weighted by Gasteiger charge is 2.41. The number of hydrogen-bond donors (Lipinski definition) is 1. The zero-order valence-electron chi connectivity index (χ0n) is 10.3. The summed E-state index contributed by atoms with van der Waals surface area (Å²) in [6, 6.07) is 8.07. The van der Waals surface area contributed by atoms with Crippen molar-refractivity contribution in [1.82, 2.24) is 0 Å². The highest BCUT2D eigenvalue weighted by atomic mass is 16.5. The molecule has 1 aromatic carbocycles. The Hall–Kier alpha value is -1.35. The third kappa shape index (κ3) is 2.20. The van der Waals surface area contributed by atoms with E-state index in [-0.39, 0.29) is 5.97 Å². The molecule has 0 amide bonds. The van der Waals surface area contributed by atoms with Crippen molar-refractivity contribution in [1.29, 1.82) is 0 Å². The third-order valence-electron chi connectivity index (χ3n) is 3.80. The van der Waals surface area contributed by atoms with E-state index >= 15 is 0 Å². The van der Waals surface area contributed by atoms with Crippen molar-refractivity contribution >= 4 is 5.97 Å². The second kappa shape index (κ2) is 4.49. The summed E-state index contributed by atoms with van der Waals surface area (Å²) < 4.78 is 4.72. The number of aryl methyl sites for hydroxylation is 1. The molecule has 1 aliphatic carbocycles. The van der Waals surface area contributed by atoms with Crippen molar-refractivity contribution in [2.75, 3.05) is 7.11 Å². The van der Waals surface area contributed by atoms with E-state index in [2.05, 4.69) is 6.07 Å². The summed E-state index contributed by atoms with van der Waals surface area (Å²) in [5.74, 6) is -0.826. The minimum atomic E-state index is -0.971. The maximum atomic E-state index is 11.5. The van der Waals surface area contributed by atoms with E-state index in [0.29, 0.717) is 12.8 Å². The number of ether oxygens (including phenoxy) is 1. The molecule has 2 rings (SSSR count). The molecule has 3 heteroatoms. The Bertz CT molecular complexity index is 427. The number of hydrogen-bond acceptors (Lipinski definition) is 3. The first-order valence-electron chi connectivity index (χ1n) is 5.94. The van der Waals surface area contributed by atoms with Gasteiger partial charge in [-0.1, -0.05) is 24.3 Å². The summed E-state index contributed by atoms with van der Waals surface area (Å²) >= 11 is 0. The van der Waals surface area contributed by atoms with Crippen molar-refractivity contribution in [2.45, 2.75) is 31.8 Å². The number of esters is 1. The van der Waals surface area contributed by atoms with Crippen LogP contribution >= 0.6 is 0 Å². The molecule has 0 bridgehead atoms. The summed E-state index contributed by atoms with van der Waals surface area (Å²) in [5, 5.41) is 10.6. The molecule has 0 spiro atoms. The van der Waals surface area contributed by atoms with E-state index in [1.165, 1.54) is 12.7 Å². The van der Waals surface area contributed by atoms with Crippen LogP contribution in [0, 0.1) is 5.92 Å². The number of fused-ring (bicyclic) bond motifs is 1. The Morgan fingerprint density at radius 2 is 2.06 bits per heavy atom. The van der Waals surface area contributed by atoms with Gasteiger partial charge in [0.05, 0.1) is 18.6 Å². The van der Waals surface area contributed by atoms with Crippen molar-refractivity contribution < 1.29 is 14.6 Å². The lowest BCUT2D eigenvalue weighted by Gasteiger charge is -2.37. The summed E-state index contributed by atoms with van der Waals surface area (Å²) in [6.07, 6.45) is 1.95. The maximum absolute atomic E-state index is 11.5. The molecule has 3 nitrogen and oxygen atoms in total. The number of aliphatic hydroxyl groups is 1. The Labute approximate surface area is 101 Å². The monoisotopic (exact) mass is 234 g/mol. The van der Waals surface area contributed by atoms with Gasteiger partial charge in [-0.3, -0.25) is 4.79 Å². The topological polar surface area (TPSA) is 46.5 Å². The van der Waals surface area contributed by atoms with Crippen LogP contribution < -0.4 is 0 Å². The first kappa shape index (κ1) is 12.1. The van der Waals surface area contributed by atoms with Gasteiger partial charge in [-0.2, -0.15) is 0 Å². The Kier molecular flexibility index (Phi) is 3.20. The highest BCUT2D eigenvalue weighted by Crippen LogP contribution is 2.34. The molecule has 0 saturated heterocycles. The molecule has 17 heavy (non-hydrogen) atoms. The quantitative estimate of drug-likeness (QED) is 0.792. The standard InChI is InChI=1S/C14H18O3/c1-10(13(15)17-2)14(16)8-7-11-5-3-4-6-12(11)9-14/h3-6,10,16H,7-9H2,1-2H3. The number of carbonyl (C=O) groups excluding carboxylic acids is 1. The van der Waals surface area contributed by atoms with Crippen LogP contribution in [0.25, 0.3) is 0 Å². The largest absolute Gasteiger partial charge is 0.469 e. The minimum absolute atomic E-state index is 0.341. The van der Waals surface area contributed by atoms with Gasteiger partial charge in [0.2, 0.25) is 0 Å². The first-order valence-corrected chi connectivity index (χ1v) is 5.94. The third-order valence-corrected chi connectivity index (χ3v) is 3.80. The maximum Gasteiger partial charge on any atom is 0.311 e. The van der Waals surface area contributed by atoms with Gasteiger partial charge in [-0.15, -0.1) is 0 Å².